The van der Waals surface area contributed by atoms with E-state index >= 15 is 0 Å². The fourth-order valence-electron chi connectivity index (χ4n) is 2.26. The normalized spacial score (nSPS) is 25.8. The number of methoxy groups -OCH3 is 1. The first-order valence-corrected chi connectivity index (χ1v) is 5.54. The molecule has 0 spiro atoms. The minimum absolute atomic E-state index is 0.0321. The monoisotopic (exact) mass is 199 g/mol. The van der Waals surface area contributed by atoms with Gasteiger partial charge in [-0.3, -0.25) is 9.69 Å². The summed E-state index contributed by atoms with van der Waals surface area (Å²) in [4.78, 5) is 13.8. The van der Waals surface area contributed by atoms with E-state index in [1.807, 2.05) is 6.92 Å². The van der Waals surface area contributed by atoms with Crippen molar-refractivity contribution in [3.63, 3.8) is 0 Å². The van der Waals surface area contributed by atoms with E-state index in [9.17, 15) is 4.79 Å². The van der Waals surface area contributed by atoms with E-state index in [2.05, 4.69) is 11.8 Å². The second-order valence-corrected chi connectivity index (χ2v) is 4.03. The molecule has 1 heterocycles. The first-order valence-electron chi connectivity index (χ1n) is 5.54. The molecule has 0 aromatic heterocycles. The highest BCUT2D eigenvalue weighted by atomic mass is 16.5. The van der Waals surface area contributed by atoms with E-state index < -0.39 is 0 Å². The highest BCUT2D eigenvalue weighted by Gasteiger charge is 2.30. The Bertz CT molecular complexity index is 194. The molecule has 1 fully saturated rings. The molecule has 1 aliphatic rings. The van der Waals surface area contributed by atoms with E-state index in [1.165, 1.54) is 26.4 Å². The van der Waals surface area contributed by atoms with Gasteiger partial charge in [0.15, 0.2) is 0 Å². The van der Waals surface area contributed by atoms with Crippen LogP contribution in [-0.4, -0.2) is 36.6 Å². The predicted octanol–water partition coefficient (Wildman–Crippen LogP) is 1.81. The van der Waals surface area contributed by atoms with Crippen LogP contribution < -0.4 is 0 Å². The Morgan fingerprint density at radius 2 is 2.29 bits per heavy atom. The average Bonchev–Trinajstić information content (AvgIpc) is 2.21. The Kier molecular flexibility index (Phi) is 4.39. The molecular weight excluding hydrogens is 178 g/mol. The summed E-state index contributed by atoms with van der Waals surface area (Å²) in [6.45, 7) is 5.28. The lowest BCUT2D eigenvalue weighted by molar-refractivity contribution is -0.148. The van der Waals surface area contributed by atoms with Crippen molar-refractivity contribution >= 4 is 5.97 Å². The number of hydrogen-bond donors (Lipinski definition) is 0. The van der Waals surface area contributed by atoms with Gasteiger partial charge in [0.25, 0.3) is 0 Å². The molecule has 0 aromatic rings. The molecule has 1 aliphatic heterocycles. The van der Waals surface area contributed by atoms with Crippen LogP contribution in [0.3, 0.4) is 0 Å². The van der Waals surface area contributed by atoms with Crippen LogP contribution in [0.1, 0.15) is 39.5 Å². The van der Waals surface area contributed by atoms with Gasteiger partial charge >= 0.3 is 5.97 Å². The first-order chi connectivity index (χ1) is 6.70. The van der Waals surface area contributed by atoms with Crippen molar-refractivity contribution in [3.8, 4) is 0 Å². The van der Waals surface area contributed by atoms with Crippen LogP contribution in [0.5, 0.6) is 0 Å². The molecule has 0 aromatic carbocycles. The van der Waals surface area contributed by atoms with Crippen LogP contribution in [0.4, 0.5) is 0 Å². The molecule has 14 heavy (non-hydrogen) atoms. The van der Waals surface area contributed by atoms with Crippen LogP contribution in [-0.2, 0) is 9.53 Å². The lowest BCUT2D eigenvalue weighted by Crippen LogP contribution is -2.48. The second kappa shape index (κ2) is 5.35. The van der Waals surface area contributed by atoms with Crippen molar-refractivity contribution in [2.75, 3.05) is 13.7 Å². The van der Waals surface area contributed by atoms with Gasteiger partial charge in [0, 0.05) is 6.04 Å². The van der Waals surface area contributed by atoms with E-state index in [-0.39, 0.29) is 12.0 Å². The molecule has 0 bridgehead atoms. The molecule has 3 heteroatoms. The van der Waals surface area contributed by atoms with Gasteiger partial charge in [-0.15, -0.1) is 0 Å². The van der Waals surface area contributed by atoms with Crippen LogP contribution in [0.2, 0.25) is 0 Å². The number of esters is 1. The van der Waals surface area contributed by atoms with Gasteiger partial charge in [0.05, 0.1) is 7.11 Å². The topological polar surface area (TPSA) is 29.5 Å². The largest absolute Gasteiger partial charge is 0.468 e. The number of piperidine rings is 1. The van der Waals surface area contributed by atoms with Crippen LogP contribution in [0, 0.1) is 0 Å². The summed E-state index contributed by atoms with van der Waals surface area (Å²) in [5.74, 6) is -0.0822. The molecule has 0 amide bonds. The summed E-state index contributed by atoms with van der Waals surface area (Å²) in [7, 11) is 1.47. The van der Waals surface area contributed by atoms with Crippen LogP contribution >= 0.6 is 0 Å². The highest BCUT2D eigenvalue weighted by Crippen LogP contribution is 2.21. The maximum atomic E-state index is 11.5. The van der Waals surface area contributed by atoms with Crippen LogP contribution in [0.25, 0.3) is 0 Å². The Hall–Kier alpha value is -0.570. The molecule has 1 rings (SSSR count). The van der Waals surface area contributed by atoms with Crippen molar-refractivity contribution < 1.29 is 9.53 Å². The van der Waals surface area contributed by atoms with Gasteiger partial charge in [-0.25, -0.2) is 0 Å². The molecule has 82 valence electrons. The average molecular weight is 199 g/mol. The summed E-state index contributed by atoms with van der Waals surface area (Å²) in [5, 5.41) is 0. The van der Waals surface area contributed by atoms with Gasteiger partial charge in [-0.05, 0) is 32.7 Å². The number of likely N-dealkylation sites (tertiary alicyclic amines) is 1. The summed E-state index contributed by atoms with van der Waals surface area (Å²) in [6, 6.07) is 0.489. The second-order valence-electron chi connectivity index (χ2n) is 4.03. The minimum atomic E-state index is -0.0822. The van der Waals surface area contributed by atoms with Crippen molar-refractivity contribution in [2.45, 2.75) is 51.6 Å². The Labute approximate surface area is 86.4 Å². The van der Waals surface area contributed by atoms with Crippen molar-refractivity contribution in [2.24, 2.45) is 0 Å². The van der Waals surface area contributed by atoms with Gasteiger partial charge in [0.2, 0.25) is 0 Å². The Morgan fingerprint density at radius 1 is 1.57 bits per heavy atom. The molecule has 2 unspecified atom stereocenters. The van der Waals surface area contributed by atoms with Crippen molar-refractivity contribution in [1.29, 1.82) is 0 Å². The lowest BCUT2D eigenvalue weighted by Gasteiger charge is -2.37. The van der Waals surface area contributed by atoms with Crippen LogP contribution in [0.15, 0.2) is 0 Å². The molecule has 1 saturated heterocycles. The molecular formula is C11H21NO2. The molecule has 0 N–H and O–H groups in total. The van der Waals surface area contributed by atoms with E-state index in [0.29, 0.717) is 6.04 Å². The third-order valence-corrected chi connectivity index (χ3v) is 3.11. The molecule has 2 atom stereocenters. The summed E-state index contributed by atoms with van der Waals surface area (Å²) in [6.07, 6.45) is 4.54. The smallest absolute Gasteiger partial charge is 0.323 e. The number of carbonyl (C=O) groups is 1. The quantitative estimate of drug-likeness (QED) is 0.649. The third kappa shape index (κ3) is 2.47. The molecule has 0 radical (unpaired) electrons. The zero-order chi connectivity index (χ0) is 10.6. The lowest BCUT2D eigenvalue weighted by atomic mass is 10.00. The number of nitrogens with zero attached hydrogens (tertiary/aromatic N) is 1. The maximum Gasteiger partial charge on any atom is 0.323 e. The molecule has 3 nitrogen and oxygen atoms in total. The van der Waals surface area contributed by atoms with Crippen molar-refractivity contribution in [3.05, 3.63) is 0 Å². The van der Waals surface area contributed by atoms with Gasteiger partial charge in [0.1, 0.15) is 6.04 Å². The number of rotatable bonds is 3. The summed E-state index contributed by atoms with van der Waals surface area (Å²) < 4.78 is 4.82. The predicted molar refractivity (Wildman–Crippen MR) is 56.1 cm³/mol. The number of ether oxygens (including phenoxy) is 1. The first kappa shape index (κ1) is 11.5. The maximum absolute atomic E-state index is 11.5. The molecule has 0 aliphatic carbocycles. The van der Waals surface area contributed by atoms with Gasteiger partial charge in [-0.1, -0.05) is 13.3 Å². The standard InChI is InChI=1S/C11H21NO2/c1-4-10(11(13)14-3)12-8-6-5-7-9(12)2/h9-10H,4-8H2,1-3H3. The fraction of sp³-hybridized carbons (Fsp3) is 0.909. The van der Waals surface area contributed by atoms with E-state index in [0.717, 1.165) is 13.0 Å². The number of carbonyl (C=O) groups excluding carboxylic acids is 1. The Morgan fingerprint density at radius 3 is 2.79 bits per heavy atom. The third-order valence-electron chi connectivity index (χ3n) is 3.11. The molecule has 0 saturated carbocycles. The minimum Gasteiger partial charge on any atom is -0.468 e. The summed E-state index contributed by atoms with van der Waals surface area (Å²) >= 11 is 0. The highest BCUT2D eigenvalue weighted by molar-refractivity contribution is 5.75. The van der Waals surface area contributed by atoms with Crippen molar-refractivity contribution in [1.82, 2.24) is 4.90 Å². The fourth-order valence-corrected chi connectivity index (χ4v) is 2.26. The number of hydrogen-bond acceptors (Lipinski definition) is 3. The zero-order valence-electron chi connectivity index (χ0n) is 9.45. The van der Waals surface area contributed by atoms with Gasteiger partial charge < -0.3 is 4.74 Å². The zero-order valence-corrected chi connectivity index (χ0v) is 9.45. The Balaban J connectivity index is 2.61. The summed E-state index contributed by atoms with van der Waals surface area (Å²) in [5.41, 5.74) is 0. The van der Waals surface area contributed by atoms with Gasteiger partial charge in [-0.2, -0.15) is 0 Å². The SMILES string of the molecule is CCC(C(=O)OC)N1CCCCC1C. The van der Waals surface area contributed by atoms with E-state index in [4.69, 9.17) is 4.74 Å². The van der Waals surface area contributed by atoms with E-state index in [1.54, 1.807) is 0 Å².